The van der Waals surface area contributed by atoms with E-state index >= 15 is 0 Å². The maximum atomic E-state index is 12.2. The molecule has 18 heavy (non-hydrogen) atoms. The number of rotatable bonds is 5. The Morgan fingerprint density at radius 3 is 2.94 bits per heavy atom. The highest BCUT2D eigenvalue weighted by atomic mass is 16.2. The predicted octanol–water partition coefficient (Wildman–Crippen LogP) is 2.39. The summed E-state index contributed by atoms with van der Waals surface area (Å²) in [5.41, 5.74) is 0.711. The molecule has 1 aromatic heterocycles. The lowest BCUT2D eigenvalue weighted by atomic mass is 9.85. The number of carbonyl (C=O) groups is 1. The Kier molecular flexibility index (Phi) is 4.18. The van der Waals surface area contributed by atoms with Crippen molar-refractivity contribution in [3.63, 3.8) is 0 Å². The average molecular weight is 247 g/mol. The Labute approximate surface area is 108 Å². The third kappa shape index (κ3) is 3.00. The summed E-state index contributed by atoms with van der Waals surface area (Å²) in [4.78, 5) is 18.3. The normalized spacial score (nSPS) is 15.0. The summed E-state index contributed by atoms with van der Waals surface area (Å²) in [7, 11) is 1.88. The zero-order valence-electron chi connectivity index (χ0n) is 11.1. The molecule has 0 radical (unpaired) electrons. The van der Waals surface area contributed by atoms with E-state index in [1.165, 1.54) is 19.3 Å². The predicted molar refractivity (Wildman–Crippen MR) is 72.7 cm³/mol. The van der Waals surface area contributed by atoms with Gasteiger partial charge in [-0.1, -0.05) is 6.42 Å². The first-order valence-electron chi connectivity index (χ1n) is 6.66. The largest absolute Gasteiger partial charge is 0.370 e. The first kappa shape index (κ1) is 12.9. The van der Waals surface area contributed by atoms with Crippen molar-refractivity contribution in [2.75, 3.05) is 25.5 Å². The van der Waals surface area contributed by atoms with Crippen LogP contribution in [0.4, 0.5) is 5.82 Å². The van der Waals surface area contributed by atoms with Crippen molar-refractivity contribution in [1.29, 1.82) is 0 Å². The third-order valence-electron chi connectivity index (χ3n) is 3.47. The topological polar surface area (TPSA) is 45.2 Å². The van der Waals surface area contributed by atoms with Crippen LogP contribution in [0.15, 0.2) is 18.3 Å². The van der Waals surface area contributed by atoms with Gasteiger partial charge >= 0.3 is 0 Å². The number of nitrogens with one attached hydrogen (secondary N) is 1. The van der Waals surface area contributed by atoms with Crippen molar-refractivity contribution >= 4 is 11.7 Å². The van der Waals surface area contributed by atoms with E-state index in [1.54, 1.807) is 12.3 Å². The lowest BCUT2D eigenvalue weighted by Crippen LogP contribution is -2.34. The minimum Gasteiger partial charge on any atom is -0.370 e. The summed E-state index contributed by atoms with van der Waals surface area (Å²) in [5, 5.41) is 3.12. The number of nitrogens with zero attached hydrogens (tertiary/aromatic N) is 2. The van der Waals surface area contributed by atoms with Crippen molar-refractivity contribution in [1.82, 2.24) is 9.88 Å². The van der Waals surface area contributed by atoms with Gasteiger partial charge < -0.3 is 10.2 Å². The molecular formula is C14H21N3O. The van der Waals surface area contributed by atoms with E-state index in [0.717, 1.165) is 18.9 Å². The number of pyridine rings is 1. The molecule has 0 aromatic carbocycles. The molecule has 0 aliphatic heterocycles. The first-order valence-corrected chi connectivity index (χ1v) is 6.66. The summed E-state index contributed by atoms with van der Waals surface area (Å²) in [5.74, 6) is 1.55. The molecule has 0 bridgehead atoms. The molecule has 1 amide bonds. The molecule has 1 aromatic rings. The maximum absolute atomic E-state index is 12.2. The van der Waals surface area contributed by atoms with Crippen LogP contribution in [0.5, 0.6) is 0 Å². The molecule has 1 fully saturated rings. The summed E-state index contributed by atoms with van der Waals surface area (Å²) < 4.78 is 0. The van der Waals surface area contributed by atoms with E-state index in [4.69, 9.17) is 0 Å². The van der Waals surface area contributed by atoms with Crippen LogP contribution >= 0.6 is 0 Å². The lowest BCUT2D eigenvalue weighted by molar-refractivity contribution is 0.0745. The molecule has 2 rings (SSSR count). The van der Waals surface area contributed by atoms with Gasteiger partial charge in [0.25, 0.3) is 5.91 Å². The molecule has 1 heterocycles. The molecule has 0 spiro atoms. The molecule has 1 aliphatic carbocycles. The Balaban J connectivity index is 2.00. The second-order valence-electron chi connectivity index (χ2n) is 4.94. The van der Waals surface area contributed by atoms with Gasteiger partial charge in [-0.05, 0) is 37.8 Å². The van der Waals surface area contributed by atoms with Crippen LogP contribution in [0.3, 0.4) is 0 Å². The summed E-state index contributed by atoms with van der Waals surface area (Å²) in [6.07, 6.45) is 5.52. The summed E-state index contributed by atoms with van der Waals surface area (Å²) >= 11 is 0. The first-order chi connectivity index (χ1) is 8.70. The molecule has 1 aliphatic rings. The number of carbonyl (C=O) groups excluding carboxylic acids is 1. The summed E-state index contributed by atoms with van der Waals surface area (Å²) in [6, 6.07) is 3.60. The van der Waals surface area contributed by atoms with Gasteiger partial charge in [0.05, 0.1) is 0 Å². The third-order valence-corrected chi connectivity index (χ3v) is 3.47. The Morgan fingerprint density at radius 2 is 2.33 bits per heavy atom. The fourth-order valence-corrected chi connectivity index (χ4v) is 2.21. The second kappa shape index (κ2) is 5.85. The fourth-order valence-electron chi connectivity index (χ4n) is 2.21. The van der Waals surface area contributed by atoms with Crippen molar-refractivity contribution < 1.29 is 4.79 Å². The van der Waals surface area contributed by atoms with E-state index in [1.807, 2.05) is 24.9 Å². The van der Waals surface area contributed by atoms with Crippen LogP contribution in [0, 0.1) is 5.92 Å². The smallest absolute Gasteiger partial charge is 0.253 e. The number of aromatic nitrogens is 1. The number of hydrogen-bond donors (Lipinski definition) is 1. The Hall–Kier alpha value is -1.58. The van der Waals surface area contributed by atoms with Crippen molar-refractivity contribution in [3.8, 4) is 0 Å². The molecule has 1 N–H and O–H groups in total. The molecule has 0 unspecified atom stereocenters. The Bertz CT molecular complexity index is 415. The quantitative estimate of drug-likeness (QED) is 0.869. The van der Waals surface area contributed by atoms with Gasteiger partial charge in [0.2, 0.25) is 0 Å². The van der Waals surface area contributed by atoms with Gasteiger partial charge in [0.15, 0.2) is 0 Å². The van der Waals surface area contributed by atoms with Gasteiger partial charge in [0, 0.05) is 31.9 Å². The molecular weight excluding hydrogens is 226 g/mol. The van der Waals surface area contributed by atoms with E-state index in [0.29, 0.717) is 11.5 Å². The molecule has 0 atom stereocenters. The van der Waals surface area contributed by atoms with Crippen molar-refractivity contribution in [3.05, 3.63) is 23.9 Å². The maximum Gasteiger partial charge on any atom is 0.253 e. The number of hydrogen-bond acceptors (Lipinski definition) is 3. The van der Waals surface area contributed by atoms with E-state index in [9.17, 15) is 4.79 Å². The van der Waals surface area contributed by atoms with Crippen LogP contribution < -0.4 is 5.32 Å². The van der Waals surface area contributed by atoms with Crippen LogP contribution in [0.2, 0.25) is 0 Å². The fraction of sp³-hybridized carbons (Fsp3) is 0.571. The van der Waals surface area contributed by atoms with Gasteiger partial charge in [-0.3, -0.25) is 4.79 Å². The van der Waals surface area contributed by atoms with Crippen LogP contribution in [-0.4, -0.2) is 35.9 Å². The monoisotopic (exact) mass is 247 g/mol. The minimum atomic E-state index is 0.0865. The zero-order valence-corrected chi connectivity index (χ0v) is 11.1. The minimum absolute atomic E-state index is 0.0865. The van der Waals surface area contributed by atoms with E-state index < -0.39 is 0 Å². The van der Waals surface area contributed by atoms with Crippen molar-refractivity contribution in [2.24, 2.45) is 5.92 Å². The van der Waals surface area contributed by atoms with Gasteiger partial charge in [-0.25, -0.2) is 4.98 Å². The zero-order chi connectivity index (χ0) is 13.0. The Morgan fingerprint density at radius 1 is 1.56 bits per heavy atom. The second-order valence-corrected chi connectivity index (χ2v) is 4.94. The average Bonchev–Trinajstić information content (AvgIpc) is 2.33. The van der Waals surface area contributed by atoms with E-state index in [-0.39, 0.29) is 5.91 Å². The molecule has 1 saturated carbocycles. The highest BCUT2D eigenvalue weighted by molar-refractivity contribution is 5.94. The van der Waals surface area contributed by atoms with Crippen LogP contribution in [-0.2, 0) is 0 Å². The number of anilines is 1. The molecule has 4 nitrogen and oxygen atoms in total. The highest BCUT2D eigenvalue weighted by Crippen LogP contribution is 2.27. The molecule has 4 heteroatoms. The van der Waals surface area contributed by atoms with Crippen molar-refractivity contribution in [2.45, 2.75) is 26.2 Å². The van der Waals surface area contributed by atoms with Crippen LogP contribution in [0.25, 0.3) is 0 Å². The highest BCUT2D eigenvalue weighted by Gasteiger charge is 2.22. The van der Waals surface area contributed by atoms with Crippen LogP contribution in [0.1, 0.15) is 36.5 Å². The van der Waals surface area contributed by atoms with Gasteiger partial charge in [0.1, 0.15) is 5.82 Å². The summed E-state index contributed by atoms with van der Waals surface area (Å²) in [6.45, 7) is 3.69. The molecule has 0 saturated heterocycles. The van der Waals surface area contributed by atoms with Gasteiger partial charge in [-0.2, -0.15) is 0 Å². The van der Waals surface area contributed by atoms with Gasteiger partial charge in [-0.15, -0.1) is 0 Å². The standard InChI is InChI=1S/C14H21N3O/c1-3-15-13-9-12(7-8-16-13)14(18)17(2)10-11-5-4-6-11/h7-9,11H,3-6,10H2,1-2H3,(H,15,16). The number of amides is 1. The lowest BCUT2D eigenvalue weighted by Gasteiger charge is -2.30. The SMILES string of the molecule is CCNc1cc(C(=O)N(C)CC2CCC2)ccn1. The molecule has 98 valence electrons. The van der Waals surface area contributed by atoms with E-state index in [2.05, 4.69) is 10.3 Å².